The van der Waals surface area contributed by atoms with Gasteiger partial charge in [0, 0.05) is 36.3 Å². The highest BCUT2D eigenvalue weighted by molar-refractivity contribution is 9.10. The van der Waals surface area contributed by atoms with Gasteiger partial charge in [-0.3, -0.25) is 4.79 Å². The van der Waals surface area contributed by atoms with Crippen LogP contribution in [-0.2, 0) is 11.3 Å². The van der Waals surface area contributed by atoms with Gasteiger partial charge in [-0.25, -0.2) is 4.98 Å². The predicted molar refractivity (Wildman–Crippen MR) is 105 cm³/mol. The van der Waals surface area contributed by atoms with E-state index in [0.717, 1.165) is 45.5 Å². The smallest absolute Gasteiger partial charge is 0.327 e. The molecule has 140 valence electrons. The van der Waals surface area contributed by atoms with E-state index in [1.165, 1.54) is 17.0 Å². The molecule has 2 aromatic heterocycles. The number of benzene rings is 1. The second-order valence-corrected chi connectivity index (χ2v) is 7.92. The molecule has 0 amide bonds. The second kappa shape index (κ2) is 7.61. The third-order valence-corrected chi connectivity index (χ3v) is 5.71. The molecule has 1 N–H and O–H groups in total. The van der Waals surface area contributed by atoms with E-state index in [4.69, 9.17) is 5.11 Å². The lowest BCUT2D eigenvalue weighted by atomic mass is 10.2. The molecule has 1 aromatic carbocycles. The molecule has 0 aliphatic carbocycles. The molecule has 0 unspecified atom stereocenters. The number of rotatable bonds is 5. The zero-order valence-corrected chi connectivity index (χ0v) is 16.6. The number of hydrogen-bond acceptors (Lipinski definition) is 8. The Morgan fingerprint density at radius 2 is 2.00 bits per heavy atom. The Bertz CT molecular complexity index is 952. The van der Waals surface area contributed by atoms with Gasteiger partial charge in [-0.1, -0.05) is 33.3 Å². The van der Waals surface area contributed by atoms with Crippen molar-refractivity contribution in [3.8, 4) is 10.7 Å². The molecule has 0 bridgehead atoms. The van der Waals surface area contributed by atoms with E-state index in [9.17, 15) is 4.79 Å². The van der Waals surface area contributed by atoms with Gasteiger partial charge in [-0.2, -0.15) is 4.80 Å². The van der Waals surface area contributed by atoms with E-state index in [2.05, 4.69) is 58.3 Å². The quantitative estimate of drug-likeness (QED) is 0.630. The van der Waals surface area contributed by atoms with Gasteiger partial charge in [0.25, 0.3) is 0 Å². The van der Waals surface area contributed by atoms with Crippen molar-refractivity contribution in [2.45, 2.75) is 6.54 Å². The summed E-state index contributed by atoms with van der Waals surface area (Å²) < 4.78 is 1.08. The van der Waals surface area contributed by atoms with Gasteiger partial charge >= 0.3 is 5.97 Å². The fraction of sp³-hybridized carbons (Fsp3) is 0.312. The van der Waals surface area contributed by atoms with E-state index in [1.54, 1.807) is 6.20 Å². The van der Waals surface area contributed by atoms with E-state index in [0.29, 0.717) is 5.82 Å². The van der Waals surface area contributed by atoms with Crippen LogP contribution in [0.5, 0.6) is 0 Å². The molecule has 3 aromatic rings. The van der Waals surface area contributed by atoms with Crippen molar-refractivity contribution in [2.24, 2.45) is 0 Å². The van der Waals surface area contributed by atoms with Crippen molar-refractivity contribution in [3.05, 3.63) is 34.9 Å². The number of thiazole rings is 1. The highest BCUT2D eigenvalue weighted by Crippen LogP contribution is 2.30. The van der Waals surface area contributed by atoms with Crippen LogP contribution in [0.15, 0.2) is 34.9 Å². The van der Waals surface area contributed by atoms with Crippen molar-refractivity contribution < 1.29 is 9.90 Å². The highest BCUT2D eigenvalue weighted by Gasteiger charge is 2.21. The van der Waals surface area contributed by atoms with Crippen LogP contribution in [-0.4, -0.2) is 62.4 Å². The number of hydrogen-bond donors (Lipinski definition) is 1. The first-order chi connectivity index (χ1) is 13.1. The van der Waals surface area contributed by atoms with Crippen molar-refractivity contribution in [2.75, 3.05) is 36.0 Å². The minimum absolute atomic E-state index is 0.309. The number of piperazine rings is 1. The van der Waals surface area contributed by atoms with Crippen LogP contribution < -0.4 is 9.80 Å². The zero-order valence-electron chi connectivity index (χ0n) is 14.2. The Hall–Kier alpha value is -2.53. The molecule has 1 aliphatic heterocycles. The number of tetrazole rings is 1. The standard InChI is InChI=1S/C16H16BrN7O2S/c17-11-2-1-3-12(8-11)22-4-6-23(7-5-22)16-18-9-13(27-16)15-19-21-24(20-15)10-14(25)26/h1-3,8-9H,4-7,10H2,(H,25,26). The fourth-order valence-electron chi connectivity index (χ4n) is 2.87. The summed E-state index contributed by atoms with van der Waals surface area (Å²) in [4.78, 5) is 21.6. The summed E-state index contributed by atoms with van der Waals surface area (Å²) in [6, 6.07) is 8.32. The van der Waals surface area contributed by atoms with E-state index < -0.39 is 5.97 Å². The monoisotopic (exact) mass is 449 g/mol. The Morgan fingerprint density at radius 3 is 2.74 bits per heavy atom. The molecular weight excluding hydrogens is 434 g/mol. The van der Waals surface area contributed by atoms with E-state index >= 15 is 0 Å². The molecule has 11 heteroatoms. The largest absolute Gasteiger partial charge is 0.480 e. The number of carbonyl (C=O) groups is 1. The number of carboxylic acids is 1. The number of aliphatic carboxylic acids is 1. The minimum Gasteiger partial charge on any atom is -0.480 e. The Balaban J connectivity index is 1.41. The van der Waals surface area contributed by atoms with Gasteiger partial charge < -0.3 is 14.9 Å². The zero-order chi connectivity index (χ0) is 18.8. The summed E-state index contributed by atoms with van der Waals surface area (Å²) >= 11 is 5.01. The molecule has 9 nitrogen and oxygen atoms in total. The Morgan fingerprint density at radius 1 is 1.22 bits per heavy atom. The molecule has 0 saturated carbocycles. The van der Waals surface area contributed by atoms with Crippen molar-refractivity contribution in [3.63, 3.8) is 0 Å². The number of halogens is 1. The average molecular weight is 450 g/mol. The number of aromatic nitrogens is 5. The maximum atomic E-state index is 10.7. The molecule has 27 heavy (non-hydrogen) atoms. The van der Waals surface area contributed by atoms with Crippen molar-refractivity contribution in [1.29, 1.82) is 0 Å². The summed E-state index contributed by atoms with van der Waals surface area (Å²) in [5, 5.41) is 21.5. The van der Waals surface area contributed by atoms with Crippen molar-refractivity contribution >= 4 is 44.1 Å². The maximum absolute atomic E-state index is 10.7. The summed E-state index contributed by atoms with van der Waals surface area (Å²) in [5.74, 6) is -0.611. The lowest BCUT2D eigenvalue weighted by Gasteiger charge is -2.36. The van der Waals surface area contributed by atoms with Gasteiger partial charge in [-0.15, -0.1) is 10.2 Å². The third-order valence-electron chi connectivity index (χ3n) is 4.17. The predicted octanol–water partition coefficient (Wildman–Crippen LogP) is 1.97. The molecule has 1 fully saturated rings. The van der Waals surface area contributed by atoms with Gasteiger partial charge in [0.15, 0.2) is 11.7 Å². The Kier molecular flexibility index (Phi) is 5.03. The van der Waals surface area contributed by atoms with E-state index in [1.807, 2.05) is 12.1 Å². The van der Waals surface area contributed by atoms with Gasteiger partial charge in [0.1, 0.15) is 0 Å². The first-order valence-corrected chi connectivity index (χ1v) is 9.91. The highest BCUT2D eigenvalue weighted by atomic mass is 79.9. The molecular formula is C16H16BrN7O2S. The normalized spacial score (nSPS) is 14.6. The molecule has 3 heterocycles. The summed E-state index contributed by atoms with van der Waals surface area (Å²) in [7, 11) is 0. The lowest BCUT2D eigenvalue weighted by molar-refractivity contribution is -0.138. The second-order valence-electron chi connectivity index (χ2n) is 6.00. The van der Waals surface area contributed by atoms with Crippen LogP contribution in [0.2, 0.25) is 0 Å². The molecule has 1 saturated heterocycles. The van der Waals surface area contributed by atoms with Crippen LogP contribution in [0, 0.1) is 0 Å². The number of anilines is 2. The number of nitrogens with zero attached hydrogens (tertiary/aromatic N) is 7. The SMILES string of the molecule is O=C(O)Cn1nnc(-c2cnc(N3CCN(c4cccc(Br)c4)CC3)s2)n1. The average Bonchev–Trinajstić information content (AvgIpc) is 3.31. The summed E-state index contributed by atoms with van der Waals surface area (Å²) in [6.07, 6.45) is 1.71. The topological polar surface area (TPSA) is 100 Å². The van der Waals surface area contributed by atoms with Gasteiger partial charge in [-0.05, 0) is 23.4 Å². The van der Waals surface area contributed by atoms with Crippen LogP contribution >= 0.6 is 27.3 Å². The lowest BCUT2D eigenvalue weighted by Crippen LogP contribution is -2.46. The van der Waals surface area contributed by atoms with E-state index in [-0.39, 0.29) is 6.54 Å². The minimum atomic E-state index is -1.01. The van der Waals surface area contributed by atoms with Crippen LogP contribution in [0.25, 0.3) is 10.7 Å². The third kappa shape index (κ3) is 4.08. The molecule has 0 atom stereocenters. The molecule has 4 rings (SSSR count). The van der Waals surface area contributed by atoms with Gasteiger partial charge in [0.2, 0.25) is 5.82 Å². The van der Waals surface area contributed by atoms with Gasteiger partial charge in [0.05, 0.1) is 11.1 Å². The number of carboxylic acid groups (broad SMARTS) is 1. The van der Waals surface area contributed by atoms with Crippen molar-refractivity contribution in [1.82, 2.24) is 25.2 Å². The molecule has 1 aliphatic rings. The first kappa shape index (κ1) is 17.9. The summed E-state index contributed by atoms with van der Waals surface area (Å²) in [5.41, 5.74) is 1.21. The summed E-state index contributed by atoms with van der Waals surface area (Å²) in [6.45, 7) is 3.27. The van der Waals surface area contributed by atoms with Crippen LogP contribution in [0.3, 0.4) is 0 Å². The molecule has 0 spiro atoms. The van der Waals surface area contributed by atoms with Crippen LogP contribution in [0.1, 0.15) is 0 Å². The maximum Gasteiger partial charge on any atom is 0.327 e. The fourth-order valence-corrected chi connectivity index (χ4v) is 4.15. The Labute approximate surface area is 167 Å². The molecule has 0 radical (unpaired) electrons. The van der Waals surface area contributed by atoms with Crippen LogP contribution in [0.4, 0.5) is 10.8 Å². The first-order valence-electron chi connectivity index (χ1n) is 8.30.